The third-order valence-corrected chi connectivity index (χ3v) is 13.7. The highest BCUT2D eigenvalue weighted by atomic mass is 16.3. The summed E-state index contributed by atoms with van der Waals surface area (Å²) in [5.41, 5.74) is 0. The smallest absolute Gasteiger partial charge is 0.314 e. The molecule has 0 spiro atoms. The Morgan fingerprint density at radius 3 is 0.938 bits per heavy atom. The zero-order valence-corrected chi connectivity index (χ0v) is 43.8. The lowest BCUT2D eigenvalue weighted by Crippen LogP contribution is -2.38. The van der Waals surface area contributed by atoms with E-state index < -0.39 is 0 Å². The van der Waals surface area contributed by atoms with Gasteiger partial charge in [0, 0.05) is 32.8 Å². The molecule has 0 aliphatic heterocycles. The number of carbonyl (C=O) groups excluding carboxylic acids is 2. The van der Waals surface area contributed by atoms with Crippen molar-refractivity contribution in [2.24, 2.45) is 11.8 Å². The summed E-state index contributed by atoms with van der Waals surface area (Å²) in [6.07, 6.45) is 50.9. The molecule has 64 heavy (non-hydrogen) atoms. The number of amides is 4. The maximum atomic E-state index is 12.6. The van der Waals surface area contributed by atoms with Gasteiger partial charge in [-0.05, 0) is 95.7 Å². The van der Waals surface area contributed by atoms with E-state index in [1.807, 2.05) is 0 Å². The molecule has 0 bridgehead atoms. The van der Waals surface area contributed by atoms with Crippen molar-refractivity contribution in [2.45, 2.75) is 285 Å². The van der Waals surface area contributed by atoms with E-state index in [1.54, 1.807) is 0 Å². The second kappa shape index (κ2) is 52.4. The molecule has 0 saturated heterocycles. The molecule has 2 atom stereocenters. The average molecular weight is 907 g/mol. The van der Waals surface area contributed by atoms with Gasteiger partial charge in [0.15, 0.2) is 0 Å². The minimum Gasteiger partial charge on any atom is -0.396 e. The van der Waals surface area contributed by atoms with Gasteiger partial charge in [0.2, 0.25) is 0 Å². The van der Waals surface area contributed by atoms with Gasteiger partial charge < -0.3 is 31.3 Å². The highest BCUT2D eigenvalue weighted by Gasteiger charge is 2.13. The molecule has 0 fully saturated rings. The third kappa shape index (κ3) is 47.0. The van der Waals surface area contributed by atoms with Crippen molar-refractivity contribution in [3.05, 3.63) is 0 Å². The zero-order valence-electron chi connectivity index (χ0n) is 43.8. The largest absolute Gasteiger partial charge is 0.396 e. The van der Waals surface area contributed by atoms with E-state index in [-0.39, 0.29) is 12.1 Å². The van der Waals surface area contributed by atoms with Crippen LogP contribution in [0.2, 0.25) is 0 Å². The van der Waals surface area contributed by atoms with Crippen molar-refractivity contribution in [1.29, 1.82) is 0 Å². The van der Waals surface area contributed by atoms with Crippen molar-refractivity contribution in [3.63, 3.8) is 0 Å². The van der Waals surface area contributed by atoms with E-state index in [0.717, 1.165) is 71.4 Å². The summed E-state index contributed by atoms with van der Waals surface area (Å²) in [6, 6.07) is 0.0465. The SMILES string of the molecule is CCCCCCCCC(CCCCCC)CNC(=O)NCCCCCCCCCCCCN(CCCCO)CCCCCCNC(=O)NCC(CCCCCC)CCCCCCCC. The number of nitrogens with zero attached hydrogens (tertiary/aromatic N) is 1. The number of hydrogen-bond donors (Lipinski definition) is 5. The number of aliphatic hydroxyl groups excluding tert-OH is 1. The number of aliphatic hydroxyl groups is 1. The first kappa shape index (κ1) is 62.5. The minimum atomic E-state index is 0.0171. The number of unbranched alkanes of at least 4 members (excludes halogenated alkanes) is 29. The second-order valence-corrected chi connectivity index (χ2v) is 20.0. The van der Waals surface area contributed by atoms with Crippen LogP contribution in [0.4, 0.5) is 9.59 Å². The Kier molecular flexibility index (Phi) is 51.2. The predicted octanol–water partition coefficient (Wildman–Crippen LogP) is 15.8. The second-order valence-electron chi connectivity index (χ2n) is 20.0. The molecule has 5 N–H and O–H groups in total. The molecule has 0 aromatic carbocycles. The van der Waals surface area contributed by atoms with Gasteiger partial charge in [-0.25, -0.2) is 9.59 Å². The van der Waals surface area contributed by atoms with Gasteiger partial charge in [-0.1, -0.05) is 220 Å². The predicted molar refractivity (Wildman–Crippen MR) is 281 cm³/mol. The van der Waals surface area contributed by atoms with Crippen LogP contribution < -0.4 is 21.3 Å². The van der Waals surface area contributed by atoms with Crippen LogP contribution in [-0.4, -0.2) is 74.5 Å². The van der Waals surface area contributed by atoms with Crippen LogP contribution in [-0.2, 0) is 0 Å². The van der Waals surface area contributed by atoms with Gasteiger partial charge in [0.05, 0.1) is 0 Å². The molecular formula is C56H115N5O3. The Labute approximate surface area is 400 Å². The molecule has 8 heteroatoms. The van der Waals surface area contributed by atoms with Crippen molar-refractivity contribution < 1.29 is 14.7 Å². The maximum Gasteiger partial charge on any atom is 0.314 e. The zero-order chi connectivity index (χ0) is 46.7. The fourth-order valence-corrected chi connectivity index (χ4v) is 9.32. The molecule has 0 aromatic rings. The molecule has 4 amide bonds. The van der Waals surface area contributed by atoms with Gasteiger partial charge in [-0.15, -0.1) is 0 Å². The fourth-order valence-electron chi connectivity index (χ4n) is 9.32. The summed E-state index contributed by atoms with van der Waals surface area (Å²) in [7, 11) is 0. The molecule has 382 valence electrons. The van der Waals surface area contributed by atoms with E-state index in [9.17, 15) is 14.7 Å². The van der Waals surface area contributed by atoms with E-state index in [0.29, 0.717) is 18.4 Å². The summed E-state index contributed by atoms with van der Waals surface area (Å²) in [6.45, 7) is 16.0. The van der Waals surface area contributed by atoms with Crippen LogP contribution in [0.25, 0.3) is 0 Å². The average Bonchev–Trinajstić information content (AvgIpc) is 3.30. The number of nitrogens with one attached hydrogen (secondary N) is 4. The molecule has 0 rings (SSSR count). The monoisotopic (exact) mass is 906 g/mol. The number of carbonyl (C=O) groups is 2. The van der Waals surface area contributed by atoms with E-state index >= 15 is 0 Å². The molecule has 2 unspecified atom stereocenters. The first-order valence-electron chi connectivity index (χ1n) is 28.9. The molecular weight excluding hydrogens is 791 g/mol. The minimum absolute atomic E-state index is 0.0171. The Balaban J connectivity index is 4.02. The first-order valence-corrected chi connectivity index (χ1v) is 28.9. The molecule has 0 aliphatic rings. The third-order valence-electron chi connectivity index (χ3n) is 13.7. The lowest BCUT2D eigenvalue weighted by molar-refractivity contribution is 0.233. The van der Waals surface area contributed by atoms with E-state index in [4.69, 9.17) is 0 Å². The van der Waals surface area contributed by atoms with Crippen LogP contribution in [0.1, 0.15) is 285 Å². The van der Waals surface area contributed by atoms with Crippen molar-refractivity contribution in [2.75, 3.05) is 52.4 Å². The normalized spacial score (nSPS) is 12.5. The molecule has 0 radical (unpaired) electrons. The van der Waals surface area contributed by atoms with Crippen molar-refractivity contribution >= 4 is 12.1 Å². The molecule has 0 heterocycles. The number of hydrogen-bond acceptors (Lipinski definition) is 4. The van der Waals surface area contributed by atoms with Gasteiger partial charge in [0.25, 0.3) is 0 Å². The molecule has 0 aliphatic carbocycles. The van der Waals surface area contributed by atoms with Gasteiger partial charge in [-0.2, -0.15) is 0 Å². The summed E-state index contributed by atoms with van der Waals surface area (Å²) in [5, 5.41) is 22.0. The number of urea groups is 2. The van der Waals surface area contributed by atoms with Gasteiger partial charge in [-0.3, -0.25) is 0 Å². The lowest BCUT2D eigenvalue weighted by Gasteiger charge is -2.22. The highest BCUT2D eigenvalue weighted by Crippen LogP contribution is 2.20. The summed E-state index contributed by atoms with van der Waals surface area (Å²) in [5.74, 6) is 1.24. The quantitative estimate of drug-likeness (QED) is 0.0392. The lowest BCUT2D eigenvalue weighted by atomic mass is 9.94. The van der Waals surface area contributed by atoms with Crippen LogP contribution in [0.3, 0.4) is 0 Å². The summed E-state index contributed by atoms with van der Waals surface area (Å²) >= 11 is 0. The summed E-state index contributed by atoms with van der Waals surface area (Å²) in [4.78, 5) is 27.7. The molecule has 0 saturated carbocycles. The van der Waals surface area contributed by atoms with Crippen LogP contribution in [0.15, 0.2) is 0 Å². The Bertz CT molecular complexity index is 938. The molecule has 0 aromatic heterocycles. The van der Waals surface area contributed by atoms with Gasteiger partial charge in [0.1, 0.15) is 0 Å². The molecule has 8 nitrogen and oxygen atoms in total. The van der Waals surface area contributed by atoms with Crippen LogP contribution >= 0.6 is 0 Å². The number of rotatable bonds is 52. The Morgan fingerprint density at radius 2 is 0.609 bits per heavy atom. The topological polar surface area (TPSA) is 106 Å². The Morgan fingerprint density at radius 1 is 0.344 bits per heavy atom. The highest BCUT2D eigenvalue weighted by molar-refractivity contribution is 5.74. The van der Waals surface area contributed by atoms with Crippen molar-refractivity contribution in [3.8, 4) is 0 Å². The standard InChI is InChI=1S/C56H115N5O3/c1-5-9-13-17-25-33-43-53(41-31-15-11-7-3)51-59-55(63)57-45-35-27-23-21-19-20-22-24-29-37-47-61(49-39-40-50-62)48-38-30-28-36-46-58-56(64)60-52-54(42-32-16-12-8-4)44-34-26-18-14-10-6-2/h53-54,62H,5-52H2,1-4H3,(H2,57,59,63)(H2,58,60,64). The summed E-state index contributed by atoms with van der Waals surface area (Å²) < 4.78 is 0. The van der Waals surface area contributed by atoms with Gasteiger partial charge >= 0.3 is 12.1 Å². The fraction of sp³-hybridized carbons (Fsp3) is 0.964. The van der Waals surface area contributed by atoms with Crippen LogP contribution in [0, 0.1) is 11.8 Å². The van der Waals surface area contributed by atoms with E-state index in [1.165, 1.54) is 231 Å². The Hall–Kier alpha value is -1.54. The first-order chi connectivity index (χ1) is 31.5. The van der Waals surface area contributed by atoms with Crippen LogP contribution in [0.5, 0.6) is 0 Å². The maximum absolute atomic E-state index is 12.6. The van der Waals surface area contributed by atoms with Crippen molar-refractivity contribution in [1.82, 2.24) is 26.2 Å². The van der Waals surface area contributed by atoms with E-state index in [2.05, 4.69) is 53.9 Å².